The third kappa shape index (κ3) is 1.92. The molecule has 0 unspecified atom stereocenters. The molecule has 20 heavy (non-hydrogen) atoms. The summed E-state index contributed by atoms with van der Waals surface area (Å²) in [6.07, 6.45) is 5.49. The lowest BCUT2D eigenvalue weighted by Gasteiger charge is -2.41. The van der Waals surface area contributed by atoms with Gasteiger partial charge in [0.25, 0.3) is 5.91 Å². The van der Waals surface area contributed by atoms with Crippen molar-refractivity contribution in [2.45, 2.75) is 44.7 Å². The van der Waals surface area contributed by atoms with Gasteiger partial charge in [-0.1, -0.05) is 0 Å². The van der Waals surface area contributed by atoms with Crippen LogP contribution in [-0.2, 0) is 4.79 Å². The topological polar surface area (TPSA) is 54.3 Å². The van der Waals surface area contributed by atoms with Crippen LogP contribution in [-0.4, -0.2) is 39.9 Å². The van der Waals surface area contributed by atoms with E-state index in [1.54, 1.807) is 18.7 Å². The fourth-order valence-corrected chi connectivity index (χ4v) is 2.95. The van der Waals surface area contributed by atoms with Crippen LogP contribution in [0.15, 0.2) is 18.3 Å². The number of hydrogen-bond acceptors (Lipinski definition) is 2. The molecule has 108 valence electrons. The molecule has 5 nitrogen and oxygen atoms in total. The molecule has 1 aliphatic carbocycles. The minimum atomic E-state index is -0.788. The highest BCUT2D eigenvalue weighted by molar-refractivity contribution is 5.98. The monoisotopic (exact) mass is 275 g/mol. The summed E-state index contributed by atoms with van der Waals surface area (Å²) >= 11 is 0. The van der Waals surface area contributed by atoms with Gasteiger partial charge in [-0.15, -0.1) is 0 Å². The van der Waals surface area contributed by atoms with Gasteiger partial charge in [-0.25, -0.2) is 0 Å². The Bertz CT molecular complexity index is 543. The van der Waals surface area contributed by atoms with E-state index in [-0.39, 0.29) is 11.8 Å². The predicted molar refractivity (Wildman–Crippen MR) is 75.4 cm³/mol. The summed E-state index contributed by atoms with van der Waals surface area (Å²) in [5.41, 5.74) is -0.0817. The normalized spacial score (nSPS) is 22.3. The van der Waals surface area contributed by atoms with E-state index in [0.29, 0.717) is 24.8 Å². The molecule has 3 rings (SSSR count). The van der Waals surface area contributed by atoms with Gasteiger partial charge in [0, 0.05) is 25.3 Å². The Kier molecular flexibility index (Phi) is 3.07. The zero-order chi connectivity index (χ0) is 14.3. The summed E-state index contributed by atoms with van der Waals surface area (Å²) in [5.74, 6) is -0.124. The number of carbonyl (C=O) groups is 2. The molecule has 2 amide bonds. The Labute approximate surface area is 118 Å². The maximum Gasteiger partial charge on any atom is 0.271 e. The van der Waals surface area contributed by atoms with Gasteiger partial charge in [0.2, 0.25) is 5.91 Å². The third-order valence-corrected chi connectivity index (χ3v) is 4.56. The van der Waals surface area contributed by atoms with E-state index in [1.807, 2.05) is 18.3 Å². The fraction of sp³-hybridized carbons (Fsp3) is 0.600. The molecule has 2 heterocycles. The Hall–Kier alpha value is -1.78. The van der Waals surface area contributed by atoms with Gasteiger partial charge in [0.1, 0.15) is 11.2 Å². The Morgan fingerprint density at radius 2 is 2.15 bits per heavy atom. The van der Waals surface area contributed by atoms with Crippen molar-refractivity contribution >= 4 is 11.8 Å². The number of rotatable bonds is 2. The summed E-state index contributed by atoms with van der Waals surface area (Å²) in [6, 6.07) is 4.23. The zero-order valence-corrected chi connectivity index (χ0v) is 12.1. The van der Waals surface area contributed by atoms with Crippen LogP contribution < -0.4 is 5.32 Å². The quantitative estimate of drug-likeness (QED) is 0.890. The van der Waals surface area contributed by atoms with Crippen molar-refractivity contribution in [3.63, 3.8) is 0 Å². The molecule has 1 saturated heterocycles. The van der Waals surface area contributed by atoms with Gasteiger partial charge in [0.15, 0.2) is 0 Å². The second-order valence-corrected chi connectivity index (χ2v) is 6.16. The first-order chi connectivity index (χ1) is 9.51. The smallest absolute Gasteiger partial charge is 0.271 e. The van der Waals surface area contributed by atoms with E-state index in [2.05, 4.69) is 9.88 Å². The van der Waals surface area contributed by atoms with Crippen molar-refractivity contribution in [2.75, 3.05) is 13.1 Å². The average Bonchev–Trinajstić information content (AvgIpc) is 2.78. The van der Waals surface area contributed by atoms with Crippen LogP contribution in [0.25, 0.3) is 0 Å². The van der Waals surface area contributed by atoms with Gasteiger partial charge in [-0.3, -0.25) is 9.59 Å². The van der Waals surface area contributed by atoms with E-state index in [4.69, 9.17) is 0 Å². The lowest BCUT2D eigenvalue weighted by atomic mass is 9.92. The van der Waals surface area contributed by atoms with Crippen LogP contribution in [0.2, 0.25) is 0 Å². The van der Waals surface area contributed by atoms with Crippen LogP contribution in [0.1, 0.15) is 49.6 Å². The Morgan fingerprint density at radius 3 is 2.80 bits per heavy atom. The highest BCUT2D eigenvalue weighted by Gasteiger charge is 2.41. The van der Waals surface area contributed by atoms with E-state index in [0.717, 1.165) is 12.8 Å². The molecule has 0 spiro atoms. The summed E-state index contributed by atoms with van der Waals surface area (Å²) in [7, 11) is 0. The van der Waals surface area contributed by atoms with Gasteiger partial charge in [-0.05, 0) is 45.2 Å². The van der Waals surface area contributed by atoms with Crippen LogP contribution >= 0.6 is 0 Å². The zero-order valence-electron chi connectivity index (χ0n) is 12.1. The average molecular weight is 275 g/mol. The van der Waals surface area contributed by atoms with Crippen molar-refractivity contribution < 1.29 is 9.59 Å². The number of carbonyl (C=O) groups excluding carboxylic acids is 2. The number of piperazine rings is 1. The van der Waals surface area contributed by atoms with Crippen LogP contribution in [0, 0.1) is 0 Å². The second kappa shape index (κ2) is 4.65. The molecule has 5 heteroatoms. The number of nitrogens with one attached hydrogen (secondary N) is 1. The van der Waals surface area contributed by atoms with E-state index in [9.17, 15) is 9.59 Å². The second-order valence-electron chi connectivity index (χ2n) is 6.16. The lowest BCUT2D eigenvalue weighted by Crippen LogP contribution is -2.63. The molecular formula is C15H21N3O2. The molecule has 0 radical (unpaired) electrons. The Morgan fingerprint density at radius 1 is 1.40 bits per heavy atom. The third-order valence-electron chi connectivity index (χ3n) is 4.56. The molecule has 1 aliphatic heterocycles. The molecule has 1 saturated carbocycles. The van der Waals surface area contributed by atoms with Crippen molar-refractivity contribution in [3.05, 3.63) is 24.0 Å². The van der Waals surface area contributed by atoms with Crippen LogP contribution in [0.4, 0.5) is 0 Å². The summed E-state index contributed by atoms with van der Waals surface area (Å²) in [4.78, 5) is 26.5. The SMILES string of the molecule is CC1(C)C(=O)NCCN1C(=O)c1cccn1C1CCC1. The van der Waals surface area contributed by atoms with E-state index in [1.165, 1.54) is 6.42 Å². The molecule has 2 aliphatic rings. The highest BCUT2D eigenvalue weighted by Crippen LogP contribution is 2.33. The molecule has 0 bridgehead atoms. The van der Waals surface area contributed by atoms with Gasteiger partial charge < -0.3 is 14.8 Å². The lowest BCUT2D eigenvalue weighted by molar-refractivity contribution is -0.133. The molecule has 2 fully saturated rings. The summed E-state index contributed by atoms with van der Waals surface area (Å²) < 4.78 is 2.08. The van der Waals surface area contributed by atoms with Crippen molar-refractivity contribution in [3.8, 4) is 0 Å². The molecular weight excluding hydrogens is 254 g/mol. The first kappa shape index (κ1) is 13.2. The van der Waals surface area contributed by atoms with Gasteiger partial charge >= 0.3 is 0 Å². The maximum atomic E-state index is 12.8. The first-order valence-electron chi connectivity index (χ1n) is 7.29. The standard InChI is InChI=1S/C15H21N3O2/c1-15(2)14(20)16-8-10-18(15)13(19)12-7-4-9-17(12)11-5-3-6-11/h4,7,9,11H,3,5-6,8,10H2,1-2H3,(H,16,20). The molecule has 0 atom stereocenters. The minimum absolute atomic E-state index is 0.0400. The van der Waals surface area contributed by atoms with Gasteiger partial charge in [0.05, 0.1) is 0 Å². The number of nitrogens with zero attached hydrogens (tertiary/aromatic N) is 2. The molecule has 0 aromatic carbocycles. The number of amides is 2. The predicted octanol–water partition coefficient (Wildman–Crippen LogP) is 1.56. The van der Waals surface area contributed by atoms with Crippen molar-refractivity contribution in [1.82, 2.24) is 14.8 Å². The first-order valence-corrected chi connectivity index (χ1v) is 7.29. The molecule has 1 aromatic heterocycles. The van der Waals surface area contributed by atoms with Crippen molar-refractivity contribution in [1.29, 1.82) is 0 Å². The van der Waals surface area contributed by atoms with E-state index >= 15 is 0 Å². The highest BCUT2D eigenvalue weighted by atomic mass is 16.2. The Balaban J connectivity index is 1.88. The molecule has 1 aromatic rings. The van der Waals surface area contributed by atoms with Crippen LogP contribution in [0.5, 0.6) is 0 Å². The maximum absolute atomic E-state index is 12.8. The molecule has 1 N–H and O–H groups in total. The fourth-order valence-electron chi connectivity index (χ4n) is 2.95. The minimum Gasteiger partial charge on any atom is -0.352 e. The van der Waals surface area contributed by atoms with E-state index < -0.39 is 5.54 Å². The number of aromatic nitrogens is 1. The summed E-state index contributed by atoms with van der Waals surface area (Å²) in [6.45, 7) is 4.69. The van der Waals surface area contributed by atoms with Crippen molar-refractivity contribution in [2.24, 2.45) is 0 Å². The summed E-state index contributed by atoms with van der Waals surface area (Å²) in [5, 5.41) is 2.82. The largest absolute Gasteiger partial charge is 0.352 e. The van der Waals surface area contributed by atoms with Crippen LogP contribution in [0.3, 0.4) is 0 Å². The number of hydrogen-bond donors (Lipinski definition) is 1. The van der Waals surface area contributed by atoms with Gasteiger partial charge in [-0.2, -0.15) is 0 Å².